The van der Waals surface area contributed by atoms with Crippen molar-refractivity contribution in [2.45, 2.75) is 37.0 Å². The van der Waals surface area contributed by atoms with Gasteiger partial charge in [-0.3, -0.25) is 0 Å². The van der Waals surface area contributed by atoms with Gasteiger partial charge in [-0.25, -0.2) is 18.4 Å². The van der Waals surface area contributed by atoms with Crippen LogP contribution in [-0.2, 0) is 14.8 Å². The van der Waals surface area contributed by atoms with E-state index in [2.05, 4.69) is 15.9 Å². The quantitative estimate of drug-likeness (QED) is 0.819. The summed E-state index contributed by atoms with van der Waals surface area (Å²) in [6.07, 6.45) is 5.74. The Labute approximate surface area is 133 Å². The summed E-state index contributed by atoms with van der Waals surface area (Å²) in [7, 11) is -3.84. The number of esters is 1. The zero-order valence-corrected chi connectivity index (χ0v) is 14.0. The Bertz CT molecular complexity index is 624. The summed E-state index contributed by atoms with van der Waals surface area (Å²) in [5, 5.41) is 5.07. The van der Waals surface area contributed by atoms with Gasteiger partial charge in [0.05, 0.1) is 17.1 Å². The molecule has 0 aromatic heterocycles. The molecule has 0 unspecified atom stereocenters. The standard InChI is InChI=1S/C14H18BrNO4S/c15-13-7-6-11(21(16,18)19)8-12(13)14(17)20-9-10-4-2-1-3-5-10/h6-8,10H,1-5,9H2,(H2,16,18,19). The fourth-order valence-electron chi connectivity index (χ4n) is 2.46. The molecular weight excluding hydrogens is 358 g/mol. The molecule has 7 heteroatoms. The summed E-state index contributed by atoms with van der Waals surface area (Å²) in [6.45, 7) is 0.380. The Morgan fingerprint density at radius 1 is 1.29 bits per heavy atom. The van der Waals surface area contributed by atoms with Crippen LogP contribution in [0.2, 0.25) is 0 Å². The number of primary sulfonamides is 1. The maximum Gasteiger partial charge on any atom is 0.339 e. The molecule has 0 radical (unpaired) electrons. The fourth-order valence-corrected chi connectivity index (χ4v) is 3.41. The number of ether oxygens (including phenoxy) is 1. The molecule has 0 atom stereocenters. The minimum atomic E-state index is -3.84. The molecule has 1 aromatic rings. The van der Waals surface area contributed by atoms with Crippen molar-refractivity contribution in [3.05, 3.63) is 28.2 Å². The van der Waals surface area contributed by atoms with Gasteiger partial charge in [0.25, 0.3) is 0 Å². The molecule has 0 aliphatic heterocycles. The van der Waals surface area contributed by atoms with Crippen LogP contribution in [0.5, 0.6) is 0 Å². The zero-order valence-electron chi connectivity index (χ0n) is 11.5. The third-order valence-electron chi connectivity index (χ3n) is 3.66. The number of benzene rings is 1. The summed E-state index contributed by atoms with van der Waals surface area (Å²) in [6, 6.07) is 4.07. The molecule has 5 nitrogen and oxygen atoms in total. The fraction of sp³-hybridized carbons (Fsp3) is 0.500. The first kappa shape index (κ1) is 16.5. The monoisotopic (exact) mass is 375 g/mol. The van der Waals surface area contributed by atoms with E-state index < -0.39 is 16.0 Å². The maximum absolute atomic E-state index is 12.1. The zero-order chi connectivity index (χ0) is 15.5. The smallest absolute Gasteiger partial charge is 0.339 e. The molecular formula is C14H18BrNO4S. The Balaban J connectivity index is 2.07. The molecule has 1 aliphatic rings. The van der Waals surface area contributed by atoms with Crippen molar-refractivity contribution in [2.75, 3.05) is 6.61 Å². The van der Waals surface area contributed by atoms with Gasteiger partial charge in [0.2, 0.25) is 10.0 Å². The summed E-state index contributed by atoms with van der Waals surface area (Å²) in [4.78, 5) is 12.0. The van der Waals surface area contributed by atoms with Crippen molar-refractivity contribution in [1.29, 1.82) is 0 Å². The van der Waals surface area contributed by atoms with E-state index in [4.69, 9.17) is 9.88 Å². The minimum absolute atomic E-state index is 0.102. The van der Waals surface area contributed by atoms with Crippen LogP contribution in [0.15, 0.2) is 27.6 Å². The Morgan fingerprint density at radius 2 is 1.95 bits per heavy atom. The van der Waals surface area contributed by atoms with E-state index >= 15 is 0 Å². The number of carbonyl (C=O) groups excluding carboxylic acids is 1. The van der Waals surface area contributed by atoms with Crippen LogP contribution in [-0.4, -0.2) is 21.0 Å². The molecule has 1 aliphatic carbocycles. The number of halogens is 1. The highest BCUT2D eigenvalue weighted by Gasteiger charge is 2.19. The lowest BCUT2D eigenvalue weighted by Crippen LogP contribution is -2.18. The van der Waals surface area contributed by atoms with Crippen molar-refractivity contribution in [3.63, 3.8) is 0 Å². The first-order valence-corrected chi connectivity index (χ1v) is 9.21. The third kappa shape index (κ3) is 4.52. The van der Waals surface area contributed by atoms with E-state index in [-0.39, 0.29) is 10.5 Å². The lowest BCUT2D eigenvalue weighted by atomic mass is 9.90. The molecule has 1 aromatic carbocycles. The molecule has 0 spiro atoms. The first-order chi connectivity index (χ1) is 9.88. The highest BCUT2D eigenvalue weighted by Crippen LogP contribution is 2.25. The van der Waals surface area contributed by atoms with E-state index in [1.165, 1.54) is 37.5 Å². The normalized spacial score (nSPS) is 16.7. The molecule has 2 N–H and O–H groups in total. The second-order valence-corrected chi connectivity index (χ2v) is 7.70. The van der Waals surface area contributed by atoms with Crippen molar-refractivity contribution < 1.29 is 17.9 Å². The molecule has 21 heavy (non-hydrogen) atoms. The largest absolute Gasteiger partial charge is 0.462 e. The average molecular weight is 376 g/mol. The van der Waals surface area contributed by atoms with E-state index in [0.29, 0.717) is 17.0 Å². The van der Waals surface area contributed by atoms with Gasteiger partial charge in [-0.1, -0.05) is 19.3 Å². The summed E-state index contributed by atoms with van der Waals surface area (Å²) in [5.41, 5.74) is 0.178. The number of hydrogen-bond acceptors (Lipinski definition) is 4. The lowest BCUT2D eigenvalue weighted by Gasteiger charge is -2.21. The molecule has 0 bridgehead atoms. The molecule has 0 saturated heterocycles. The first-order valence-electron chi connectivity index (χ1n) is 6.87. The second-order valence-electron chi connectivity index (χ2n) is 5.29. The van der Waals surface area contributed by atoms with Gasteiger partial charge in [0.1, 0.15) is 0 Å². The maximum atomic E-state index is 12.1. The summed E-state index contributed by atoms with van der Waals surface area (Å²) in [5.74, 6) is -0.124. The van der Waals surface area contributed by atoms with Crippen LogP contribution in [0.3, 0.4) is 0 Å². The van der Waals surface area contributed by atoms with E-state index in [0.717, 1.165) is 12.8 Å². The number of nitrogens with two attached hydrogens (primary N) is 1. The SMILES string of the molecule is NS(=O)(=O)c1ccc(Br)c(C(=O)OCC2CCCCC2)c1. The Hall–Kier alpha value is -0.920. The Kier molecular flexibility index (Phi) is 5.40. The molecule has 2 rings (SSSR count). The molecule has 1 saturated carbocycles. The summed E-state index contributed by atoms with van der Waals surface area (Å²) < 4.78 is 28.5. The van der Waals surface area contributed by atoms with Gasteiger partial charge in [-0.05, 0) is 52.9 Å². The highest BCUT2D eigenvalue weighted by molar-refractivity contribution is 9.10. The van der Waals surface area contributed by atoms with Crippen LogP contribution >= 0.6 is 15.9 Å². The second kappa shape index (κ2) is 6.89. The third-order valence-corrected chi connectivity index (χ3v) is 5.26. The molecule has 1 fully saturated rings. The predicted octanol–water partition coefficient (Wildman–Crippen LogP) is 2.83. The number of carbonyl (C=O) groups is 1. The highest BCUT2D eigenvalue weighted by atomic mass is 79.9. The van der Waals surface area contributed by atoms with Gasteiger partial charge in [0.15, 0.2) is 0 Å². The number of sulfonamides is 1. The molecule has 0 amide bonds. The van der Waals surface area contributed by atoms with Crippen LogP contribution in [0.1, 0.15) is 42.5 Å². The van der Waals surface area contributed by atoms with Crippen LogP contribution in [0, 0.1) is 5.92 Å². The number of hydrogen-bond donors (Lipinski definition) is 1. The van der Waals surface area contributed by atoms with Gasteiger partial charge < -0.3 is 4.74 Å². The van der Waals surface area contributed by atoms with Gasteiger partial charge in [0, 0.05) is 4.47 Å². The Morgan fingerprint density at radius 3 is 2.57 bits per heavy atom. The van der Waals surface area contributed by atoms with E-state index in [9.17, 15) is 13.2 Å². The minimum Gasteiger partial charge on any atom is -0.462 e. The van der Waals surface area contributed by atoms with Gasteiger partial charge in [-0.15, -0.1) is 0 Å². The van der Waals surface area contributed by atoms with E-state index in [1.807, 2.05) is 0 Å². The lowest BCUT2D eigenvalue weighted by molar-refractivity contribution is 0.0409. The van der Waals surface area contributed by atoms with Crippen molar-refractivity contribution in [2.24, 2.45) is 11.1 Å². The predicted molar refractivity (Wildman–Crippen MR) is 82.4 cm³/mol. The topological polar surface area (TPSA) is 86.5 Å². The van der Waals surface area contributed by atoms with Crippen molar-refractivity contribution >= 4 is 31.9 Å². The van der Waals surface area contributed by atoms with Crippen LogP contribution in [0.25, 0.3) is 0 Å². The molecule has 116 valence electrons. The van der Waals surface area contributed by atoms with Gasteiger partial charge in [-0.2, -0.15) is 0 Å². The average Bonchev–Trinajstić information content (AvgIpc) is 2.45. The van der Waals surface area contributed by atoms with Crippen LogP contribution in [0.4, 0.5) is 0 Å². The van der Waals surface area contributed by atoms with Crippen LogP contribution < -0.4 is 5.14 Å². The molecule has 0 heterocycles. The number of rotatable bonds is 4. The van der Waals surface area contributed by atoms with E-state index in [1.54, 1.807) is 0 Å². The summed E-state index contributed by atoms with van der Waals surface area (Å²) >= 11 is 3.23. The van der Waals surface area contributed by atoms with Crippen molar-refractivity contribution in [1.82, 2.24) is 0 Å². The van der Waals surface area contributed by atoms with Crippen molar-refractivity contribution in [3.8, 4) is 0 Å². The van der Waals surface area contributed by atoms with Gasteiger partial charge >= 0.3 is 5.97 Å².